The number of nitriles is 1. The molecule has 0 aromatic carbocycles. The maximum Gasteiger partial charge on any atom is 0.270 e. The third-order valence-corrected chi connectivity index (χ3v) is 4.24. The molecular formula is C18H19N5O3. The van der Waals surface area contributed by atoms with Crippen molar-refractivity contribution in [2.75, 3.05) is 25.0 Å². The lowest BCUT2D eigenvalue weighted by Crippen LogP contribution is -2.52. The number of pyridine rings is 1. The Labute approximate surface area is 151 Å². The molecule has 3 rings (SSSR count). The quantitative estimate of drug-likeness (QED) is 0.622. The van der Waals surface area contributed by atoms with E-state index in [0.717, 1.165) is 0 Å². The molecule has 1 fully saturated rings. The van der Waals surface area contributed by atoms with Crippen molar-refractivity contribution in [1.29, 1.82) is 5.26 Å². The zero-order chi connectivity index (χ0) is 18.6. The molecule has 1 atom stereocenters. The number of aromatic nitrogens is 1. The highest BCUT2D eigenvalue weighted by Gasteiger charge is 2.50. The van der Waals surface area contributed by atoms with Crippen molar-refractivity contribution >= 4 is 17.5 Å². The molecule has 0 bridgehead atoms. The van der Waals surface area contributed by atoms with Crippen molar-refractivity contribution in [2.24, 2.45) is 0 Å². The van der Waals surface area contributed by atoms with Crippen molar-refractivity contribution < 1.29 is 14.3 Å². The number of rotatable bonds is 4. The predicted molar refractivity (Wildman–Crippen MR) is 94.3 cm³/mol. The second-order valence-corrected chi connectivity index (χ2v) is 6.04. The van der Waals surface area contributed by atoms with Crippen LogP contribution in [-0.2, 0) is 4.79 Å². The lowest BCUT2D eigenvalue weighted by atomic mass is 10.0. The van der Waals surface area contributed by atoms with Crippen LogP contribution in [0.2, 0.25) is 0 Å². The van der Waals surface area contributed by atoms with Crippen LogP contribution in [0.3, 0.4) is 0 Å². The van der Waals surface area contributed by atoms with Gasteiger partial charge in [-0.05, 0) is 19.1 Å². The van der Waals surface area contributed by atoms with Crippen LogP contribution in [0, 0.1) is 11.5 Å². The minimum absolute atomic E-state index is 0.169. The van der Waals surface area contributed by atoms with Gasteiger partial charge in [-0.1, -0.05) is 24.3 Å². The topological polar surface area (TPSA) is 107 Å². The molecule has 2 aliphatic heterocycles. The van der Waals surface area contributed by atoms with Crippen LogP contribution in [0.4, 0.5) is 5.69 Å². The van der Waals surface area contributed by atoms with Gasteiger partial charge in [-0.25, -0.2) is 4.98 Å². The number of carbonyl (C=O) groups is 2. The lowest BCUT2D eigenvalue weighted by molar-refractivity contribution is -0.131. The molecule has 0 aliphatic carbocycles. The second-order valence-electron chi connectivity index (χ2n) is 6.04. The van der Waals surface area contributed by atoms with E-state index in [-0.39, 0.29) is 29.9 Å². The number of hydrogen-bond donors (Lipinski definition) is 2. The highest BCUT2D eigenvalue weighted by Crippen LogP contribution is 2.36. The fourth-order valence-electron chi connectivity index (χ4n) is 2.84. The first kappa shape index (κ1) is 17.5. The Balaban J connectivity index is 1.74. The van der Waals surface area contributed by atoms with Crippen molar-refractivity contribution in [3.05, 3.63) is 42.1 Å². The first-order valence-electron chi connectivity index (χ1n) is 8.30. The van der Waals surface area contributed by atoms with E-state index < -0.39 is 5.60 Å². The smallest absolute Gasteiger partial charge is 0.270 e. The average molecular weight is 353 g/mol. The Morgan fingerprint density at radius 1 is 1.54 bits per heavy atom. The van der Waals surface area contributed by atoms with Gasteiger partial charge in [0, 0.05) is 19.5 Å². The highest BCUT2D eigenvalue weighted by atomic mass is 16.5. The highest BCUT2D eigenvalue weighted by molar-refractivity contribution is 6.01. The number of amides is 2. The van der Waals surface area contributed by atoms with E-state index in [4.69, 9.17) is 10.00 Å². The van der Waals surface area contributed by atoms with Gasteiger partial charge in [-0.15, -0.1) is 0 Å². The van der Waals surface area contributed by atoms with E-state index in [1.165, 1.54) is 11.0 Å². The van der Waals surface area contributed by atoms with Crippen LogP contribution in [0.1, 0.15) is 23.8 Å². The monoisotopic (exact) mass is 353 g/mol. The van der Waals surface area contributed by atoms with E-state index in [2.05, 4.69) is 15.6 Å². The van der Waals surface area contributed by atoms with Crippen LogP contribution in [0.5, 0.6) is 5.88 Å². The number of ether oxygens (including phenoxy) is 1. The first-order chi connectivity index (χ1) is 12.6. The number of hydrogen-bond acceptors (Lipinski definition) is 6. The lowest BCUT2D eigenvalue weighted by Gasteiger charge is -2.33. The van der Waals surface area contributed by atoms with Gasteiger partial charge in [0.25, 0.3) is 11.8 Å². The summed E-state index contributed by atoms with van der Waals surface area (Å²) < 4.78 is 5.85. The molecule has 0 radical (unpaired) electrons. The molecule has 134 valence electrons. The summed E-state index contributed by atoms with van der Waals surface area (Å²) in [6, 6.07) is 3.12. The molecule has 26 heavy (non-hydrogen) atoms. The van der Waals surface area contributed by atoms with Crippen molar-refractivity contribution in [2.45, 2.75) is 18.9 Å². The fraction of sp³-hybridized carbons (Fsp3) is 0.333. The van der Waals surface area contributed by atoms with Crippen LogP contribution in [0.15, 0.2) is 36.4 Å². The fourth-order valence-corrected chi connectivity index (χ4v) is 2.84. The number of likely N-dealkylation sites (tertiary alicyclic amines) is 1. The van der Waals surface area contributed by atoms with E-state index in [1.807, 2.05) is 37.4 Å². The van der Waals surface area contributed by atoms with Gasteiger partial charge in [0.05, 0.1) is 6.54 Å². The van der Waals surface area contributed by atoms with E-state index in [1.54, 1.807) is 6.07 Å². The van der Waals surface area contributed by atoms with Crippen molar-refractivity contribution in [3.63, 3.8) is 0 Å². The maximum absolute atomic E-state index is 12.4. The van der Waals surface area contributed by atoms with E-state index in [0.29, 0.717) is 25.2 Å². The summed E-state index contributed by atoms with van der Waals surface area (Å²) in [4.78, 5) is 30.3. The molecule has 1 saturated heterocycles. The van der Waals surface area contributed by atoms with Crippen LogP contribution >= 0.6 is 0 Å². The van der Waals surface area contributed by atoms with Gasteiger partial charge >= 0.3 is 0 Å². The number of carbonyl (C=O) groups excluding carboxylic acids is 2. The van der Waals surface area contributed by atoms with Gasteiger partial charge in [0.1, 0.15) is 11.4 Å². The van der Waals surface area contributed by atoms with Crippen LogP contribution in [0.25, 0.3) is 0 Å². The zero-order valence-electron chi connectivity index (χ0n) is 14.4. The third kappa shape index (κ3) is 3.37. The molecule has 8 heteroatoms. The molecule has 2 amide bonds. The van der Waals surface area contributed by atoms with E-state index >= 15 is 0 Å². The number of nitrogens with zero attached hydrogens (tertiary/aromatic N) is 3. The minimum atomic E-state index is -1.14. The van der Waals surface area contributed by atoms with Gasteiger partial charge in [0.2, 0.25) is 11.5 Å². The molecule has 1 unspecified atom stereocenters. The molecule has 3 heterocycles. The average Bonchev–Trinajstić information content (AvgIpc) is 3.06. The molecule has 1 spiro atoms. The van der Waals surface area contributed by atoms with Gasteiger partial charge in [-0.3, -0.25) is 9.59 Å². The SMILES string of the molecule is C/C=C\C=C/CNC(=O)c1ccc2c(n1)OC1(CCN(C#N)C1)C(=O)N2. The van der Waals surface area contributed by atoms with Gasteiger partial charge < -0.3 is 20.3 Å². The van der Waals surface area contributed by atoms with Gasteiger partial charge in [-0.2, -0.15) is 5.26 Å². The summed E-state index contributed by atoms with van der Waals surface area (Å²) in [7, 11) is 0. The van der Waals surface area contributed by atoms with Crippen molar-refractivity contribution in [1.82, 2.24) is 15.2 Å². The summed E-state index contributed by atoms with van der Waals surface area (Å²) in [5.41, 5.74) is -0.523. The molecule has 1 aromatic rings. The first-order valence-corrected chi connectivity index (χ1v) is 8.30. The number of anilines is 1. The summed E-state index contributed by atoms with van der Waals surface area (Å²) in [6.07, 6.45) is 9.82. The molecular weight excluding hydrogens is 334 g/mol. The summed E-state index contributed by atoms with van der Waals surface area (Å²) in [6.45, 7) is 2.90. The summed E-state index contributed by atoms with van der Waals surface area (Å²) in [5, 5.41) is 14.5. The Hall–Kier alpha value is -3.34. The van der Waals surface area contributed by atoms with E-state index in [9.17, 15) is 9.59 Å². The Morgan fingerprint density at radius 2 is 2.38 bits per heavy atom. The third-order valence-electron chi connectivity index (χ3n) is 4.24. The molecule has 1 aromatic heterocycles. The molecule has 8 nitrogen and oxygen atoms in total. The second kappa shape index (κ2) is 7.27. The Morgan fingerprint density at radius 3 is 3.12 bits per heavy atom. The van der Waals surface area contributed by atoms with Crippen LogP contribution < -0.4 is 15.4 Å². The zero-order valence-corrected chi connectivity index (χ0v) is 14.4. The maximum atomic E-state index is 12.4. The normalized spacial score (nSPS) is 21.5. The standard InChI is InChI=1S/C18H19N5O3/c1-2-3-4-5-9-20-15(24)13-6-7-14-16(21-13)26-18(17(25)22-14)8-10-23(11-18)12-19/h2-7H,8-11H2,1H3,(H,20,24)(H,22,25)/b3-2-,5-4-. The number of fused-ring (bicyclic) bond motifs is 1. The Kier molecular flexibility index (Phi) is 4.89. The Bertz CT molecular complexity index is 827. The molecule has 2 aliphatic rings. The van der Waals surface area contributed by atoms with Gasteiger partial charge in [0.15, 0.2) is 6.19 Å². The van der Waals surface area contributed by atoms with Crippen molar-refractivity contribution in [3.8, 4) is 12.1 Å². The molecule has 2 N–H and O–H groups in total. The molecule has 0 saturated carbocycles. The summed E-state index contributed by atoms with van der Waals surface area (Å²) in [5.74, 6) is -0.435. The summed E-state index contributed by atoms with van der Waals surface area (Å²) >= 11 is 0. The van der Waals surface area contributed by atoms with Crippen LogP contribution in [-0.4, -0.2) is 46.9 Å². The largest absolute Gasteiger partial charge is 0.457 e. The number of allylic oxidation sites excluding steroid dienone is 3. The number of nitrogens with one attached hydrogen (secondary N) is 2. The minimum Gasteiger partial charge on any atom is -0.457 e. The predicted octanol–water partition coefficient (Wildman–Crippen LogP) is 1.20.